The smallest absolute Gasteiger partial charge is 1.00 e. The Hall–Kier alpha value is 0.700. The van der Waals surface area contributed by atoms with Crippen LogP contribution >= 0.6 is 0 Å². The summed E-state index contributed by atoms with van der Waals surface area (Å²) in [7, 11) is -8.67. The minimum absolute atomic E-state index is 0. The van der Waals surface area contributed by atoms with Crippen LogP contribution in [0.25, 0.3) is 0 Å². The molecule has 0 aromatic carbocycles. The molecule has 0 aliphatic rings. The number of hydrogen-bond donors (Lipinski definition) is 12. The van der Waals surface area contributed by atoms with Crippen molar-refractivity contribution in [3.05, 3.63) is 0 Å². The Labute approximate surface area is 131 Å². The van der Waals surface area contributed by atoms with Gasteiger partial charge in [0.1, 0.15) is 0 Å². The van der Waals surface area contributed by atoms with Crippen LogP contribution in [0, 0.1) is 0 Å². The SMILES string of the molecule is O.O.OB(O)O.OB(O)O.OB(O)O.OB(O)O.[H-].[Na+]. The molecule has 19 heavy (non-hydrogen) atoms. The van der Waals surface area contributed by atoms with E-state index in [1.807, 2.05) is 0 Å². The number of rotatable bonds is 0. The molecule has 0 rings (SSSR count). The van der Waals surface area contributed by atoms with Gasteiger partial charge in [0.15, 0.2) is 0 Å². The maximum Gasteiger partial charge on any atom is 1.00 e. The van der Waals surface area contributed by atoms with Crippen LogP contribution in [0.3, 0.4) is 0 Å². The molecular weight excluding hydrogens is 290 g/mol. The summed E-state index contributed by atoms with van der Waals surface area (Å²) in [5.74, 6) is 0. The van der Waals surface area contributed by atoms with Gasteiger partial charge in [0.05, 0.1) is 0 Å². The molecule has 14 nitrogen and oxygen atoms in total. The topological polar surface area (TPSA) is 306 Å². The fraction of sp³-hybridized carbons (Fsp3) is 0. The molecular formula is H17B4NaO14. The van der Waals surface area contributed by atoms with Crippen molar-refractivity contribution in [1.82, 2.24) is 0 Å². The second-order valence-corrected chi connectivity index (χ2v) is 1.39. The third-order valence-electron chi connectivity index (χ3n) is 0. The molecule has 114 valence electrons. The maximum atomic E-state index is 7.17. The summed E-state index contributed by atoms with van der Waals surface area (Å²) in [4.78, 5) is 0. The minimum atomic E-state index is -2.17. The van der Waals surface area contributed by atoms with Gasteiger partial charge < -0.3 is 72.7 Å². The third-order valence-corrected chi connectivity index (χ3v) is 0. The quantitative estimate of drug-likeness (QED) is 0.185. The molecule has 0 aromatic rings. The van der Waals surface area contributed by atoms with Crippen molar-refractivity contribution in [3.8, 4) is 0 Å². The van der Waals surface area contributed by atoms with E-state index in [1.165, 1.54) is 0 Å². The summed E-state index contributed by atoms with van der Waals surface area (Å²) in [5.41, 5.74) is 0. The molecule has 19 heteroatoms. The van der Waals surface area contributed by atoms with E-state index in [4.69, 9.17) is 60.3 Å². The zero-order valence-corrected chi connectivity index (χ0v) is 11.7. The van der Waals surface area contributed by atoms with Crippen LogP contribution in [0.15, 0.2) is 0 Å². The normalized spacial score (nSPS) is 5.68. The Kier molecular flexibility index (Phi) is 81.7. The average molecular weight is 307 g/mol. The van der Waals surface area contributed by atoms with E-state index in [0.29, 0.717) is 0 Å². The molecule has 0 unspecified atom stereocenters. The summed E-state index contributed by atoms with van der Waals surface area (Å²) >= 11 is 0. The fourth-order valence-corrected chi connectivity index (χ4v) is 0. The van der Waals surface area contributed by atoms with Gasteiger partial charge >= 0.3 is 58.8 Å². The van der Waals surface area contributed by atoms with Gasteiger partial charge in [0.25, 0.3) is 0 Å². The molecule has 0 amide bonds. The van der Waals surface area contributed by atoms with E-state index in [1.54, 1.807) is 0 Å². The number of hydrogen-bond acceptors (Lipinski definition) is 12. The van der Waals surface area contributed by atoms with Gasteiger partial charge in [-0.15, -0.1) is 0 Å². The van der Waals surface area contributed by atoms with Crippen molar-refractivity contribution in [2.24, 2.45) is 0 Å². The van der Waals surface area contributed by atoms with Crippen LogP contribution in [-0.2, 0) is 0 Å². The first-order valence-corrected chi connectivity index (χ1v) is 3.10. The van der Waals surface area contributed by atoms with Crippen LogP contribution in [0.5, 0.6) is 0 Å². The minimum Gasteiger partial charge on any atom is -1.00 e. The van der Waals surface area contributed by atoms with E-state index >= 15 is 0 Å². The van der Waals surface area contributed by atoms with Gasteiger partial charge in [-0.05, 0) is 0 Å². The fourth-order valence-electron chi connectivity index (χ4n) is 0. The van der Waals surface area contributed by atoms with E-state index in [-0.39, 0.29) is 41.9 Å². The molecule has 0 aliphatic heterocycles. The van der Waals surface area contributed by atoms with E-state index in [0.717, 1.165) is 0 Å². The molecule has 0 atom stereocenters. The average Bonchev–Trinajstić information content (AvgIpc) is 1.76. The van der Waals surface area contributed by atoms with Gasteiger partial charge in [0.2, 0.25) is 0 Å². The van der Waals surface area contributed by atoms with Crippen LogP contribution in [0.1, 0.15) is 1.43 Å². The predicted octanol–water partition coefficient (Wildman–Crippen LogP) is -12.7. The summed E-state index contributed by atoms with van der Waals surface area (Å²) in [5, 5.41) is 86.0. The van der Waals surface area contributed by atoms with Crippen LogP contribution < -0.4 is 29.6 Å². The predicted molar refractivity (Wildman–Crippen MR) is 58.0 cm³/mol. The largest absolute Gasteiger partial charge is 1.00 e. The van der Waals surface area contributed by atoms with Crippen molar-refractivity contribution in [2.45, 2.75) is 0 Å². The van der Waals surface area contributed by atoms with E-state index in [9.17, 15) is 0 Å². The Morgan fingerprint density at radius 2 is 0.368 bits per heavy atom. The zero-order valence-electron chi connectivity index (χ0n) is 10.7. The first kappa shape index (κ1) is 42.7. The Balaban J connectivity index is -0.0000000150. The van der Waals surface area contributed by atoms with Crippen molar-refractivity contribution in [2.75, 3.05) is 0 Å². The van der Waals surface area contributed by atoms with Crippen LogP contribution in [0.2, 0.25) is 0 Å². The molecule has 0 saturated heterocycles. The van der Waals surface area contributed by atoms with E-state index in [2.05, 4.69) is 0 Å². The molecule has 0 radical (unpaired) electrons. The molecule has 0 aromatic heterocycles. The van der Waals surface area contributed by atoms with Gasteiger partial charge in [-0.1, -0.05) is 0 Å². The van der Waals surface area contributed by atoms with Crippen molar-refractivity contribution in [1.29, 1.82) is 0 Å². The Bertz CT molecular complexity index is 68.2. The summed E-state index contributed by atoms with van der Waals surface area (Å²) in [6.45, 7) is 0. The monoisotopic (exact) mass is 308 g/mol. The van der Waals surface area contributed by atoms with Gasteiger partial charge in [-0.3, -0.25) is 0 Å². The van der Waals surface area contributed by atoms with Gasteiger partial charge in [-0.2, -0.15) is 0 Å². The maximum absolute atomic E-state index is 7.17. The van der Waals surface area contributed by atoms with E-state index < -0.39 is 29.3 Å². The van der Waals surface area contributed by atoms with Crippen molar-refractivity contribution in [3.63, 3.8) is 0 Å². The first-order chi connectivity index (χ1) is 6.93. The van der Waals surface area contributed by atoms with Crippen molar-refractivity contribution < 1.29 is 102 Å². The summed E-state index contributed by atoms with van der Waals surface area (Å²) in [6.07, 6.45) is 0. The van der Waals surface area contributed by atoms with Crippen LogP contribution in [0.4, 0.5) is 0 Å². The molecule has 0 saturated carbocycles. The standard InChI is InChI=1S/4BH3O3.Na.2H2O.H/c4*2-1(3)4;;;;/h4*2-4H;;2*1H2;/q;;;;+1;;;-1. The zero-order chi connectivity index (χ0) is 14.3. The molecule has 0 bridgehead atoms. The molecule has 0 fully saturated rings. The Morgan fingerprint density at radius 3 is 0.368 bits per heavy atom. The molecule has 0 spiro atoms. The molecule has 16 N–H and O–H groups in total. The summed E-state index contributed by atoms with van der Waals surface area (Å²) in [6, 6.07) is 0. The third kappa shape index (κ3) is 10700. The van der Waals surface area contributed by atoms with Crippen LogP contribution in [-0.4, -0.2) is 101 Å². The molecule has 0 aliphatic carbocycles. The van der Waals surface area contributed by atoms with Crippen molar-refractivity contribution >= 4 is 29.3 Å². The first-order valence-electron chi connectivity index (χ1n) is 3.10. The van der Waals surface area contributed by atoms with Gasteiger partial charge in [0, 0.05) is 0 Å². The summed E-state index contributed by atoms with van der Waals surface area (Å²) < 4.78 is 0. The van der Waals surface area contributed by atoms with Gasteiger partial charge in [-0.25, -0.2) is 0 Å². The second kappa shape index (κ2) is 36.3. The second-order valence-electron chi connectivity index (χ2n) is 1.39. The molecule has 0 heterocycles. The Morgan fingerprint density at radius 1 is 0.368 bits per heavy atom.